The van der Waals surface area contributed by atoms with Crippen molar-refractivity contribution in [1.29, 1.82) is 0 Å². The second kappa shape index (κ2) is 49.5. The molecule has 6 heterocycles. The monoisotopic (exact) mass is 1350 g/mol. The largest absolute Gasteiger partial charge is 0.466 e. The van der Waals surface area contributed by atoms with Crippen LogP contribution < -0.4 is 0 Å². The van der Waals surface area contributed by atoms with Crippen LogP contribution in [0.3, 0.4) is 0 Å². The van der Waals surface area contributed by atoms with E-state index in [0.29, 0.717) is 105 Å². The van der Waals surface area contributed by atoms with Gasteiger partial charge in [-0.15, -0.1) is 0 Å². The molecule has 0 spiro atoms. The summed E-state index contributed by atoms with van der Waals surface area (Å²) >= 11 is 0. The van der Waals surface area contributed by atoms with E-state index in [0.717, 1.165) is 51.4 Å². The van der Waals surface area contributed by atoms with Crippen LogP contribution in [0.5, 0.6) is 0 Å². The van der Waals surface area contributed by atoms with Crippen molar-refractivity contribution in [3.05, 3.63) is 0 Å². The van der Waals surface area contributed by atoms with Gasteiger partial charge in [-0.3, -0.25) is 14.4 Å². The zero-order valence-corrected chi connectivity index (χ0v) is 59.7. The molecule has 0 aromatic carbocycles. The number of aliphatic hydroxyl groups excluding tert-OH is 6. The van der Waals surface area contributed by atoms with Gasteiger partial charge in [-0.1, -0.05) is 53.4 Å². The fourth-order valence-corrected chi connectivity index (χ4v) is 9.34. The number of hydrogen-bond donors (Lipinski definition) is 6. The van der Waals surface area contributed by atoms with E-state index in [4.69, 9.17) is 106 Å². The summed E-state index contributed by atoms with van der Waals surface area (Å²) in [6, 6.07) is 0. The van der Waals surface area contributed by atoms with Crippen molar-refractivity contribution in [2.75, 3.05) is 99.6 Å². The predicted molar refractivity (Wildman–Crippen MR) is 330 cm³/mol. The van der Waals surface area contributed by atoms with Gasteiger partial charge in [-0.05, 0) is 102 Å². The number of ether oxygens (including phenoxy) is 16. The maximum Gasteiger partial charge on any atom is 0.306 e. The molecule has 12 atom stereocenters. The van der Waals surface area contributed by atoms with Crippen molar-refractivity contribution in [2.45, 2.75) is 290 Å². The third kappa shape index (κ3) is 38.5. The Kier molecular flexibility index (Phi) is 49.6. The molecule has 26 nitrogen and oxygen atoms in total. The number of methoxy groups -OCH3 is 1. The summed E-state index contributed by atoms with van der Waals surface area (Å²) in [6.45, 7) is 31.5. The van der Waals surface area contributed by atoms with Crippen molar-refractivity contribution < 1.29 is 147 Å². The number of carbonyl (C=O) groups excluding carboxylic acids is 4. The molecule has 6 aliphatic heterocycles. The first-order valence-corrected chi connectivity index (χ1v) is 32.6. The summed E-state index contributed by atoms with van der Waals surface area (Å²) in [5.74, 6) is -6.09. The molecule has 27 heteroatoms. The van der Waals surface area contributed by atoms with E-state index in [-0.39, 0.29) is 90.6 Å². The zero-order chi connectivity index (χ0) is 68.5. The predicted octanol–water partition coefficient (Wildman–Crippen LogP) is 6.65. The fourth-order valence-electron chi connectivity index (χ4n) is 9.34. The van der Waals surface area contributed by atoms with Crippen molar-refractivity contribution in [3.63, 3.8) is 0 Å². The Morgan fingerprint density at radius 3 is 0.835 bits per heavy atom. The molecule has 12 unspecified atom stereocenters. The molecule has 0 amide bonds. The van der Waals surface area contributed by atoms with Crippen LogP contribution in [0.2, 0.25) is 0 Å². The summed E-state index contributed by atoms with van der Waals surface area (Å²) in [5, 5.41) is 47.5. The Bertz CT molecular complexity index is 1800. The Morgan fingerprint density at radius 2 is 0.637 bits per heavy atom. The first kappa shape index (κ1) is 91.1. The minimum absolute atomic E-state index is 0. The maximum atomic E-state index is 11.9. The summed E-state index contributed by atoms with van der Waals surface area (Å²) in [6.07, 6.45) is 7.30. The number of carbonyl (C=O) groups is 4. The molecule has 0 aromatic rings. The maximum absolute atomic E-state index is 11.9. The van der Waals surface area contributed by atoms with E-state index in [9.17, 15) is 19.2 Å². The average molecular weight is 1360 g/mol. The van der Waals surface area contributed by atoms with Crippen LogP contribution >= 0.6 is 0 Å². The Labute approximate surface area is 558 Å². The zero-order valence-electron chi connectivity index (χ0n) is 58.2. The number of Topliss-reactive ketones (excluding diaryl/α,β-unsaturated/α-hetero) is 1. The minimum atomic E-state index is -0.936. The van der Waals surface area contributed by atoms with Gasteiger partial charge >= 0.3 is 17.9 Å². The quantitative estimate of drug-likeness (QED) is 0.0190. The molecule has 6 fully saturated rings. The number of ketones is 1. The van der Waals surface area contributed by atoms with E-state index in [2.05, 4.69) is 27.7 Å². The molecule has 6 aliphatic rings. The summed E-state index contributed by atoms with van der Waals surface area (Å²) in [7, 11) is 1.55. The first-order chi connectivity index (χ1) is 42.5. The smallest absolute Gasteiger partial charge is 0.306 e. The number of unbranched alkanes of at least 4 members (excludes halogenated alkanes) is 4. The van der Waals surface area contributed by atoms with Crippen LogP contribution in [0.1, 0.15) is 207 Å². The van der Waals surface area contributed by atoms with Crippen LogP contribution in [0.15, 0.2) is 0 Å². The second-order valence-electron chi connectivity index (χ2n) is 23.8. The molecular formula is C64H122O26Ti. The first-order valence-electron chi connectivity index (χ1n) is 32.6. The van der Waals surface area contributed by atoms with Crippen LogP contribution in [0.25, 0.3) is 0 Å². The molecule has 0 aliphatic carbocycles. The van der Waals surface area contributed by atoms with Gasteiger partial charge in [0.05, 0.1) is 78.7 Å². The van der Waals surface area contributed by atoms with Gasteiger partial charge in [0.25, 0.3) is 0 Å². The van der Waals surface area contributed by atoms with Crippen LogP contribution in [-0.4, -0.2) is 237 Å². The molecule has 0 radical (unpaired) electrons. The topological polar surface area (TPSA) is 337 Å². The van der Waals surface area contributed by atoms with Gasteiger partial charge in [-0.2, -0.15) is 0 Å². The third-order valence-electron chi connectivity index (χ3n) is 14.2. The second-order valence-corrected chi connectivity index (χ2v) is 23.8. The van der Waals surface area contributed by atoms with Crippen molar-refractivity contribution in [2.24, 2.45) is 0 Å². The van der Waals surface area contributed by atoms with Gasteiger partial charge < -0.3 is 111 Å². The molecule has 6 rings (SSSR count). The fraction of sp³-hybridized carbons (Fsp3) is 0.938. The summed E-state index contributed by atoms with van der Waals surface area (Å²) in [5.41, 5.74) is 0. The van der Waals surface area contributed by atoms with Gasteiger partial charge in [0, 0.05) is 87.4 Å². The number of hydrogen-bond acceptors (Lipinski definition) is 26. The number of rotatable bonds is 30. The molecule has 6 saturated heterocycles. The van der Waals surface area contributed by atoms with Gasteiger partial charge in [-0.25, -0.2) is 0 Å². The van der Waals surface area contributed by atoms with Gasteiger partial charge in [0.15, 0.2) is 34.7 Å². The van der Waals surface area contributed by atoms with E-state index in [1.807, 2.05) is 48.5 Å². The summed E-state index contributed by atoms with van der Waals surface area (Å²) < 4.78 is 93.2. The van der Waals surface area contributed by atoms with Crippen molar-refractivity contribution in [3.8, 4) is 0 Å². The van der Waals surface area contributed by atoms with Gasteiger partial charge in [0.1, 0.15) is 61.2 Å². The van der Waals surface area contributed by atoms with E-state index in [1.54, 1.807) is 34.8 Å². The molecule has 0 aromatic heterocycles. The third-order valence-corrected chi connectivity index (χ3v) is 14.2. The average Bonchev–Trinajstić information content (AvgIpc) is 1.69. The summed E-state index contributed by atoms with van der Waals surface area (Å²) in [4.78, 5) is 46.8. The normalized spacial score (nSPS) is 29.7. The number of esters is 3. The van der Waals surface area contributed by atoms with E-state index < -0.39 is 77.5 Å². The SMILES string of the molecule is CCCCO.CCCCO.CCCCO.CCCCO.CCOC(=O)CCC1(C)OCC(C2OC(C)(C)OC2C2COC(C)(CCC(=O)OCC)O2)O1.COCCOC(=O)CCC1(C)OCC(C2OC(C)(C)OC2C2COC(C)(CCC(C)=O)O2)O1.OCCO.[Ti]. The van der Waals surface area contributed by atoms with Crippen LogP contribution in [0, 0.1) is 0 Å². The minimum Gasteiger partial charge on any atom is -0.466 e. The molecule has 538 valence electrons. The Hall–Kier alpha value is -1.97. The molecular weight excluding hydrogens is 1230 g/mol. The molecule has 0 bridgehead atoms. The van der Waals surface area contributed by atoms with Gasteiger partial charge in [0.2, 0.25) is 0 Å². The van der Waals surface area contributed by atoms with Crippen LogP contribution in [-0.2, 0) is 117 Å². The standard InChI is InChI=1S/2C23H38O10.4C4H10O.C2H6O2.Ti/c1-15(24)7-9-22(4)28-13-16(30-22)19-20(33-21(2,3)32-19)17-14-29-23(5,31-17)10-8-18(25)27-12-11-26-6;1-7-26-17(24)9-11-22(5)28-13-15(30-22)19-20(33-21(3,4)32-19)16-14-29-23(6,31-16)12-10-18(25)27-8-2;4*1-2-3-4-5;3-1-2-4;/h16-17,19-20H,7-14H2,1-6H3;15-16,19-20H,7-14H2,1-6H3;4*5H,2-4H2,1H3;3-4H,1-2H2;. The van der Waals surface area contributed by atoms with Crippen molar-refractivity contribution in [1.82, 2.24) is 0 Å². The molecule has 6 N–H and O–H groups in total. The Morgan fingerprint density at radius 1 is 0.385 bits per heavy atom. The number of aliphatic hydroxyl groups is 6. The molecule has 91 heavy (non-hydrogen) atoms. The molecule has 0 saturated carbocycles. The van der Waals surface area contributed by atoms with E-state index in [1.165, 1.54) is 0 Å². The van der Waals surface area contributed by atoms with E-state index >= 15 is 0 Å². The van der Waals surface area contributed by atoms with Crippen molar-refractivity contribution >= 4 is 23.7 Å². The van der Waals surface area contributed by atoms with Crippen LogP contribution in [0.4, 0.5) is 0 Å². The Balaban J connectivity index is 0.